The van der Waals surface area contributed by atoms with Gasteiger partial charge in [-0.15, -0.1) is 0 Å². The van der Waals surface area contributed by atoms with Gasteiger partial charge in [0.15, 0.2) is 5.96 Å². The van der Waals surface area contributed by atoms with Gasteiger partial charge in [-0.25, -0.2) is 0 Å². The minimum Gasteiger partial charge on any atom is -0.385 e. The minimum atomic E-state index is 0.462. The van der Waals surface area contributed by atoms with E-state index >= 15 is 0 Å². The first kappa shape index (κ1) is 20.2. The van der Waals surface area contributed by atoms with E-state index in [1.165, 1.54) is 18.4 Å². The van der Waals surface area contributed by atoms with Gasteiger partial charge in [0, 0.05) is 58.4 Å². The van der Waals surface area contributed by atoms with Crippen molar-refractivity contribution >= 4 is 17.3 Å². The topological polar surface area (TPSA) is 48.9 Å². The first-order valence-electron chi connectivity index (χ1n) is 9.51. The summed E-state index contributed by atoms with van der Waals surface area (Å²) in [6.07, 6.45) is 3.48. The number of hydrogen-bond donors (Lipinski definition) is 2. The molecule has 1 aliphatic rings. The maximum atomic E-state index is 5.14. The summed E-state index contributed by atoms with van der Waals surface area (Å²) in [5, 5.41) is 11.4. The molecule has 0 spiro atoms. The predicted molar refractivity (Wildman–Crippen MR) is 108 cm³/mol. The molecule has 0 aliphatic carbocycles. The smallest absolute Gasteiger partial charge is 0.191 e. The highest BCUT2D eigenvalue weighted by molar-refractivity contribution is 7.07. The molecular formula is C19H34N4OS. The number of aliphatic imine (C=N–C) groups is 1. The highest BCUT2D eigenvalue weighted by Gasteiger charge is 2.19. The number of nitrogens with one attached hydrogen (secondary N) is 2. The van der Waals surface area contributed by atoms with Gasteiger partial charge in [0.1, 0.15) is 0 Å². The van der Waals surface area contributed by atoms with Gasteiger partial charge in [0.25, 0.3) is 0 Å². The fourth-order valence-electron chi connectivity index (χ4n) is 3.14. The Bertz CT molecular complexity index is 484. The van der Waals surface area contributed by atoms with Gasteiger partial charge in [0.05, 0.1) is 0 Å². The molecule has 0 bridgehead atoms. The quantitative estimate of drug-likeness (QED) is 0.401. The van der Waals surface area contributed by atoms with Crippen molar-refractivity contribution in [2.75, 3.05) is 46.4 Å². The predicted octanol–water partition coefficient (Wildman–Crippen LogP) is 2.91. The van der Waals surface area contributed by atoms with Gasteiger partial charge in [-0.3, -0.25) is 4.99 Å². The maximum Gasteiger partial charge on any atom is 0.191 e. The molecule has 1 fully saturated rings. The summed E-state index contributed by atoms with van der Waals surface area (Å²) in [7, 11) is 1.77. The zero-order valence-electron chi connectivity index (χ0n) is 16.0. The molecule has 1 unspecified atom stereocenters. The minimum absolute atomic E-state index is 0.462. The maximum absolute atomic E-state index is 5.14. The van der Waals surface area contributed by atoms with E-state index < -0.39 is 0 Å². The van der Waals surface area contributed by atoms with E-state index in [4.69, 9.17) is 9.73 Å². The Hall–Kier alpha value is -1.11. The third kappa shape index (κ3) is 7.34. The van der Waals surface area contributed by atoms with Crippen molar-refractivity contribution in [3.05, 3.63) is 22.4 Å². The van der Waals surface area contributed by atoms with Crippen LogP contribution in [-0.4, -0.2) is 63.3 Å². The Morgan fingerprint density at radius 3 is 2.88 bits per heavy atom. The molecule has 5 nitrogen and oxygen atoms in total. The SMILES string of the molecule is CCNC(=NCC(C)c1ccsc1)NC1CCN(CCCOC)CC1. The number of methoxy groups -OCH3 is 1. The number of rotatable bonds is 9. The number of thiophene rings is 1. The summed E-state index contributed by atoms with van der Waals surface area (Å²) in [6.45, 7) is 10.4. The van der Waals surface area contributed by atoms with Crippen LogP contribution in [0.15, 0.2) is 21.8 Å². The average Bonchev–Trinajstić information content (AvgIpc) is 3.16. The van der Waals surface area contributed by atoms with Crippen molar-refractivity contribution < 1.29 is 4.74 Å². The summed E-state index contributed by atoms with van der Waals surface area (Å²) in [5.74, 6) is 1.42. The van der Waals surface area contributed by atoms with E-state index in [0.29, 0.717) is 12.0 Å². The molecule has 0 radical (unpaired) electrons. The Morgan fingerprint density at radius 2 is 2.24 bits per heavy atom. The van der Waals surface area contributed by atoms with Crippen LogP contribution in [0.2, 0.25) is 0 Å². The Balaban J connectivity index is 1.76. The summed E-state index contributed by atoms with van der Waals surface area (Å²) in [4.78, 5) is 7.35. The number of nitrogens with zero attached hydrogens (tertiary/aromatic N) is 2. The van der Waals surface area contributed by atoms with Crippen LogP contribution in [0.4, 0.5) is 0 Å². The van der Waals surface area contributed by atoms with Crippen LogP contribution in [0.3, 0.4) is 0 Å². The zero-order valence-corrected chi connectivity index (χ0v) is 16.8. The number of guanidine groups is 1. The first-order chi connectivity index (χ1) is 12.2. The number of ether oxygens (including phenoxy) is 1. The van der Waals surface area contributed by atoms with Crippen LogP contribution < -0.4 is 10.6 Å². The standard InChI is InChI=1S/C19H34N4OS/c1-4-20-19(21-14-16(2)17-8-13-25-15-17)22-18-6-10-23(11-7-18)9-5-12-24-3/h8,13,15-16,18H,4-7,9-12,14H2,1-3H3,(H2,20,21,22). The molecule has 0 aromatic carbocycles. The zero-order chi connectivity index (χ0) is 17.9. The van der Waals surface area contributed by atoms with Crippen molar-refractivity contribution in [3.8, 4) is 0 Å². The van der Waals surface area contributed by atoms with Gasteiger partial charge in [0.2, 0.25) is 0 Å². The molecule has 1 atom stereocenters. The van der Waals surface area contributed by atoms with Gasteiger partial charge >= 0.3 is 0 Å². The van der Waals surface area contributed by atoms with Crippen LogP contribution in [0.5, 0.6) is 0 Å². The van der Waals surface area contributed by atoms with Gasteiger partial charge in [-0.05, 0) is 48.6 Å². The van der Waals surface area contributed by atoms with Gasteiger partial charge in [-0.2, -0.15) is 11.3 Å². The normalized spacial score (nSPS) is 18.3. The monoisotopic (exact) mass is 366 g/mol. The Kier molecular flexibility index (Phi) is 9.29. The molecule has 2 N–H and O–H groups in total. The number of piperidine rings is 1. The molecule has 1 aromatic heterocycles. The van der Waals surface area contributed by atoms with E-state index in [0.717, 1.165) is 51.7 Å². The summed E-state index contributed by atoms with van der Waals surface area (Å²) >= 11 is 1.76. The van der Waals surface area contributed by atoms with E-state index in [1.807, 2.05) is 0 Å². The fourth-order valence-corrected chi connectivity index (χ4v) is 3.92. The van der Waals surface area contributed by atoms with Crippen molar-refractivity contribution in [1.82, 2.24) is 15.5 Å². The number of likely N-dealkylation sites (tertiary alicyclic amines) is 1. The Morgan fingerprint density at radius 1 is 1.44 bits per heavy atom. The molecular weight excluding hydrogens is 332 g/mol. The van der Waals surface area contributed by atoms with Crippen molar-refractivity contribution in [1.29, 1.82) is 0 Å². The molecule has 1 aromatic rings. The van der Waals surface area contributed by atoms with E-state index in [9.17, 15) is 0 Å². The van der Waals surface area contributed by atoms with E-state index in [-0.39, 0.29) is 0 Å². The lowest BCUT2D eigenvalue weighted by Gasteiger charge is -2.33. The molecule has 1 aliphatic heterocycles. The van der Waals surface area contributed by atoms with Crippen molar-refractivity contribution in [3.63, 3.8) is 0 Å². The molecule has 0 amide bonds. The van der Waals surface area contributed by atoms with Gasteiger partial charge in [-0.1, -0.05) is 6.92 Å². The van der Waals surface area contributed by atoms with Crippen LogP contribution in [-0.2, 0) is 4.74 Å². The van der Waals surface area contributed by atoms with Crippen LogP contribution in [0, 0.1) is 0 Å². The van der Waals surface area contributed by atoms with Gasteiger partial charge < -0.3 is 20.3 Å². The molecule has 6 heteroatoms. The number of hydrogen-bond acceptors (Lipinski definition) is 4. The second kappa shape index (κ2) is 11.5. The fraction of sp³-hybridized carbons (Fsp3) is 0.737. The third-order valence-corrected chi connectivity index (χ3v) is 5.43. The van der Waals surface area contributed by atoms with Crippen LogP contribution in [0.25, 0.3) is 0 Å². The highest BCUT2D eigenvalue weighted by Crippen LogP contribution is 2.18. The first-order valence-corrected chi connectivity index (χ1v) is 10.5. The molecule has 0 saturated carbocycles. The summed E-state index contributed by atoms with van der Waals surface area (Å²) in [6, 6.07) is 2.72. The Labute approximate surface area is 156 Å². The molecule has 1 saturated heterocycles. The summed E-state index contributed by atoms with van der Waals surface area (Å²) < 4.78 is 5.14. The van der Waals surface area contributed by atoms with Crippen molar-refractivity contribution in [2.24, 2.45) is 4.99 Å². The molecule has 2 heterocycles. The van der Waals surface area contributed by atoms with E-state index in [2.05, 4.69) is 46.2 Å². The molecule has 25 heavy (non-hydrogen) atoms. The molecule has 142 valence electrons. The average molecular weight is 367 g/mol. The second-order valence-electron chi connectivity index (χ2n) is 6.78. The lowest BCUT2D eigenvalue weighted by Crippen LogP contribution is -2.49. The summed E-state index contributed by atoms with van der Waals surface area (Å²) in [5.41, 5.74) is 1.38. The third-order valence-electron chi connectivity index (χ3n) is 4.73. The lowest BCUT2D eigenvalue weighted by molar-refractivity contribution is 0.155. The lowest BCUT2D eigenvalue weighted by atomic mass is 10.0. The van der Waals surface area contributed by atoms with Crippen molar-refractivity contribution in [2.45, 2.75) is 45.1 Å². The highest BCUT2D eigenvalue weighted by atomic mass is 32.1. The van der Waals surface area contributed by atoms with E-state index in [1.54, 1.807) is 18.4 Å². The van der Waals surface area contributed by atoms with Crippen LogP contribution >= 0.6 is 11.3 Å². The van der Waals surface area contributed by atoms with Crippen LogP contribution in [0.1, 0.15) is 44.6 Å². The molecule has 2 rings (SSSR count). The largest absolute Gasteiger partial charge is 0.385 e. The second-order valence-corrected chi connectivity index (χ2v) is 7.56.